The number of rotatable bonds is 6. The molecule has 0 unspecified atom stereocenters. The average Bonchev–Trinajstić information content (AvgIpc) is 2.96. The maximum Gasteiger partial charge on any atom is 0.147 e. The number of hydrogen-bond donors (Lipinski definition) is 1. The summed E-state index contributed by atoms with van der Waals surface area (Å²) >= 11 is 0. The van der Waals surface area contributed by atoms with Gasteiger partial charge in [-0.1, -0.05) is 6.92 Å². The highest BCUT2D eigenvalue weighted by molar-refractivity contribution is 5.11. The van der Waals surface area contributed by atoms with Gasteiger partial charge in [0.2, 0.25) is 0 Å². The first-order valence-corrected chi connectivity index (χ1v) is 6.44. The molecule has 2 heterocycles. The van der Waals surface area contributed by atoms with Crippen molar-refractivity contribution in [3.63, 3.8) is 0 Å². The van der Waals surface area contributed by atoms with Crippen LogP contribution < -0.4 is 5.32 Å². The second-order valence-corrected chi connectivity index (χ2v) is 4.69. The molecule has 0 aromatic carbocycles. The fraction of sp³-hybridized carbons (Fsp3) is 0.538. The fourth-order valence-electron chi connectivity index (χ4n) is 1.94. The summed E-state index contributed by atoms with van der Waals surface area (Å²) in [4.78, 5) is 4.32. The van der Waals surface area contributed by atoms with E-state index in [0.29, 0.717) is 6.04 Å². The molecular formula is C13H21N5. The van der Waals surface area contributed by atoms with Gasteiger partial charge in [0, 0.05) is 25.0 Å². The molecule has 0 radical (unpaired) electrons. The van der Waals surface area contributed by atoms with Gasteiger partial charge in [0.1, 0.15) is 12.2 Å². The van der Waals surface area contributed by atoms with Gasteiger partial charge in [0.25, 0.3) is 0 Å². The predicted molar refractivity (Wildman–Crippen MR) is 71.3 cm³/mol. The standard InChI is InChI=1S/C13H21N5/c1-4-14-7-12-5-6-17(8-12)9-13-15-10-16-18(13)11(2)3/h5-6,8,10-11,14H,4,7,9H2,1-3H3. The van der Waals surface area contributed by atoms with Gasteiger partial charge in [-0.05, 0) is 32.0 Å². The molecule has 0 fully saturated rings. The Labute approximate surface area is 108 Å². The van der Waals surface area contributed by atoms with Gasteiger partial charge < -0.3 is 9.88 Å². The number of aromatic nitrogens is 4. The quantitative estimate of drug-likeness (QED) is 0.847. The van der Waals surface area contributed by atoms with E-state index >= 15 is 0 Å². The third kappa shape index (κ3) is 2.98. The molecule has 5 heteroatoms. The van der Waals surface area contributed by atoms with Crippen molar-refractivity contribution in [1.29, 1.82) is 0 Å². The van der Waals surface area contributed by atoms with Crippen LogP contribution >= 0.6 is 0 Å². The Hall–Kier alpha value is -1.62. The molecule has 98 valence electrons. The van der Waals surface area contributed by atoms with Gasteiger partial charge in [-0.15, -0.1) is 0 Å². The van der Waals surface area contributed by atoms with Crippen LogP contribution in [0.2, 0.25) is 0 Å². The second kappa shape index (κ2) is 5.82. The molecule has 18 heavy (non-hydrogen) atoms. The topological polar surface area (TPSA) is 47.7 Å². The highest BCUT2D eigenvalue weighted by Gasteiger charge is 2.08. The lowest BCUT2D eigenvalue weighted by Gasteiger charge is -2.09. The van der Waals surface area contributed by atoms with Crippen molar-refractivity contribution < 1.29 is 0 Å². The molecule has 0 aliphatic heterocycles. The Balaban J connectivity index is 2.04. The van der Waals surface area contributed by atoms with Gasteiger partial charge >= 0.3 is 0 Å². The van der Waals surface area contributed by atoms with Gasteiger partial charge in [-0.25, -0.2) is 9.67 Å². The van der Waals surface area contributed by atoms with Crippen LogP contribution in [-0.2, 0) is 13.1 Å². The van der Waals surface area contributed by atoms with E-state index in [1.807, 2.05) is 4.68 Å². The van der Waals surface area contributed by atoms with E-state index in [4.69, 9.17) is 0 Å². The molecule has 0 aliphatic rings. The Morgan fingerprint density at radius 2 is 2.22 bits per heavy atom. The smallest absolute Gasteiger partial charge is 0.147 e. The summed E-state index contributed by atoms with van der Waals surface area (Å²) in [5, 5.41) is 7.57. The summed E-state index contributed by atoms with van der Waals surface area (Å²) in [5.74, 6) is 0.996. The first-order chi connectivity index (χ1) is 8.70. The molecule has 0 spiro atoms. The summed E-state index contributed by atoms with van der Waals surface area (Å²) in [7, 11) is 0. The van der Waals surface area contributed by atoms with Crippen LogP contribution in [0.5, 0.6) is 0 Å². The van der Waals surface area contributed by atoms with Crippen molar-refractivity contribution >= 4 is 0 Å². The first kappa shape index (κ1) is 12.8. The third-order valence-electron chi connectivity index (χ3n) is 2.85. The van der Waals surface area contributed by atoms with E-state index in [-0.39, 0.29) is 0 Å². The van der Waals surface area contributed by atoms with Crippen molar-refractivity contribution in [2.24, 2.45) is 0 Å². The Kier molecular flexibility index (Phi) is 4.15. The largest absolute Gasteiger partial charge is 0.346 e. The van der Waals surface area contributed by atoms with Crippen molar-refractivity contribution in [2.75, 3.05) is 6.54 Å². The summed E-state index contributed by atoms with van der Waals surface area (Å²) < 4.78 is 4.11. The highest BCUT2D eigenvalue weighted by atomic mass is 15.4. The van der Waals surface area contributed by atoms with E-state index in [9.17, 15) is 0 Å². The average molecular weight is 247 g/mol. The predicted octanol–water partition coefficient (Wildman–Crippen LogP) is 1.82. The summed E-state index contributed by atoms with van der Waals surface area (Å²) in [5.41, 5.74) is 1.30. The van der Waals surface area contributed by atoms with E-state index < -0.39 is 0 Å². The maximum absolute atomic E-state index is 4.32. The van der Waals surface area contributed by atoms with Gasteiger partial charge in [0.15, 0.2) is 0 Å². The van der Waals surface area contributed by atoms with E-state index in [1.54, 1.807) is 6.33 Å². The van der Waals surface area contributed by atoms with Crippen molar-refractivity contribution in [1.82, 2.24) is 24.6 Å². The number of hydrogen-bond acceptors (Lipinski definition) is 3. The molecule has 0 amide bonds. The van der Waals surface area contributed by atoms with Crippen LogP contribution in [0.25, 0.3) is 0 Å². The molecule has 0 aliphatic carbocycles. The van der Waals surface area contributed by atoms with Crippen LogP contribution in [0, 0.1) is 0 Å². The molecule has 2 aromatic rings. The van der Waals surface area contributed by atoms with Crippen LogP contribution in [0.15, 0.2) is 24.8 Å². The lowest BCUT2D eigenvalue weighted by molar-refractivity contribution is 0.496. The molecule has 0 saturated carbocycles. The van der Waals surface area contributed by atoms with Crippen LogP contribution in [0.1, 0.15) is 38.2 Å². The van der Waals surface area contributed by atoms with E-state index in [0.717, 1.165) is 25.5 Å². The summed E-state index contributed by atoms with van der Waals surface area (Å²) in [6.45, 7) is 9.02. The molecule has 0 saturated heterocycles. The molecule has 5 nitrogen and oxygen atoms in total. The van der Waals surface area contributed by atoms with Crippen molar-refractivity contribution in [2.45, 2.75) is 39.9 Å². The lowest BCUT2D eigenvalue weighted by Crippen LogP contribution is -2.12. The van der Waals surface area contributed by atoms with Crippen LogP contribution in [0.3, 0.4) is 0 Å². The van der Waals surface area contributed by atoms with E-state index in [2.05, 4.69) is 59.2 Å². The zero-order valence-electron chi connectivity index (χ0n) is 11.3. The lowest BCUT2D eigenvalue weighted by atomic mass is 10.3. The molecular weight excluding hydrogens is 226 g/mol. The minimum Gasteiger partial charge on any atom is -0.346 e. The Bertz CT molecular complexity index is 483. The zero-order chi connectivity index (χ0) is 13.0. The Morgan fingerprint density at radius 3 is 2.94 bits per heavy atom. The van der Waals surface area contributed by atoms with Crippen molar-refractivity contribution in [3.05, 3.63) is 36.2 Å². The molecule has 2 rings (SSSR count). The normalized spacial score (nSPS) is 11.3. The van der Waals surface area contributed by atoms with Gasteiger partial charge in [0.05, 0.1) is 6.54 Å². The Morgan fingerprint density at radius 1 is 1.39 bits per heavy atom. The van der Waals surface area contributed by atoms with Crippen LogP contribution in [0.4, 0.5) is 0 Å². The number of nitrogens with zero attached hydrogens (tertiary/aromatic N) is 4. The van der Waals surface area contributed by atoms with Crippen LogP contribution in [-0.4, -0.2) is 25.9 Å². The number of nitrogens with one attached hydrogen (secondary N) is 1. The summed E-state index contributed by atoms with van der Waals surface area (Å²) in [6, 6.07) is 2.48. The van der Waals surface area contributed by atoms with E-state index in [1.165, 1.54) is 5.56 Å². The fourth-order valence-corrected chi connectivity index (χ4v) is 1.94. The monoisotopic (exact) mass is 247 g/mol. The molecule has 1 N–H and O–H groups in total. The first-order valence-electron chi connectivity index (χ1n) is 6.44. The third-order valence-corrected chi connectivity index (χ3v) is 2.85. The molecule has 2 aromatic heterocycles. The second-order valence-electron chi connectivity index (χ2n) is 4.69. The highest BCUT2D eigenvalue weighted by Crippen LogP contribution is 2.08. The minimum absolute atomic E-state index is 0.347. The zero-order valence-corrected chi connectivity index (χ0v) is 11.3. The van der Waals surface area contributed by atoms with Gasteiger partial charge in [-0.3, -0.25) is 0 Å². The molecule has 0 bridgehead atoms. The van der Waals surface area contributed by atoms with Crippen molar-refractivity contribution in [3.8, 4) is 0 Å². The SMILES string of the molecule is CCNCc1ccn(Cc2ncnn2C(C)C)c1. The van der Waals surface area contributed by atoms with Gasteiger partial charge in [-0.2, -0.15) is 5.10 Å². The molecule has 0 atom stereocenters. The maximum atomic E-state index is 4.32. The minimum atomic E-state index is 0.347. The summed E-state index contributed by atoms with van der Waals surface area (Å²) in [6.07, 6.45) is 5.87.